The zero-order valence-electron chi connectivity index (χ0n) is 11.0. The molecule has 0 amide bonds. The summed E-state index contributed by atoms with van der Waals surface area (Å²) in [6, 6.07) is 14.2. The quantitative estimate of drug-likeness (QED) is 0.650. The van der Waals surface area contributed by atoms with Gasteiger partial charge in [0.1, 0.15) is 5.75 Å². The molecule has 3 nitrogen and oxygen atoms in total. The van der Waals surface area contributed by atoms with Crippen LogP contribution in [0, 0.1) is 6.92 Å². The van der Waals surface area contributed by atoms with Crippen molar-refractivity contribution in [2.24, 2.45) is 5.73 Å². The van der Waals surface area contributed by atoms with Gasteiger partial charge in [-0.3, -0.25) is 4.98 Å². The third-order valence-electron chi connectivity index (χ3n) is 2.62. The van der Waals surface area contributed by atoms with Gasteiger partial charge in [-0.15, -0.1) is 11.8 Å². The molecule has 1 aromatic heterocycles. The predicted molar refractivity (Wildman–Crippen MR) is 79.5 cm³/mol. The van der Waals surface area contributed by atoms with Crippen molar-refractivity contribution < 1.29 is 4.74 Å². The number of ether oxygens (including phenoxy) is 1. The Labute approximate surface area is 118 Å². The standard InChI is InChI=1S/C15H18N2OS/c1-12-7-8-15(14(11-16)17-12)18-9-10-19-13-5-3-2-4-6-13/h2-8H,9-11,16H2,1H3. The molecule has 2 rings (SSSR count). The van der Waals surface area contributed by atoms with Gasteiger partial charge < -0.3 is 10.5 Å². The maximum atomic E-state index is 5.74. The monoisotopic (exact) mass is 274 g/mol. The summed E-state index contributed by atoms with van der Waals surface area (Å²) in [6.45, 7) is 3.01. The van der Waals surface area contributed by atoms with E-state index in [9.17, 15) is 0 Å². The van der Waals surface area contributed by atoms with E-state index in [4.69, 9.17) is 10.5 Å². The van der Waals surface area contributed by atoms with Crippen LogP contribution < -0.4 is 10.5 Å². The molecule has 0 saturated heterocycles. The largest absolute Gasteiger partial charge is 0.491 e. The minimum Gasteiger partial charge on any atom is -0.491 e. The molecule has 2 N–H and O–H groups in total. The van der Waals surface area contributed by atoms with E-state index >= 15 is 0 Å². The highest BCUT2D eigenvalue weighted by Crippen LogP contribution is 2.19. The normalized spacial score (nSPS) is 10.4. The zero-order valence-corrected chi connectivity index (χ0v) is 11.8. The van der Waals surface area contributed by atoms with Gasteiger partial charge in [0.25, 0.3) is 0 Å². The SMILES string of the molecule is Cc1ccc(OCCSc2ccccc2)c(CN)n1. The average molecular weight is 274 g/mol. The maximum Gasteiger partial charge on any atom is 0.142 e. The molecule has 4 heteroatoms. The van der Waals surface area contributed by atoms with E-state index in [2.05, 4.69) is 17.1 Å². The Morgan fingerprint density at radius 3 is 2.68 bits per heavy atom. The molecule has 0 radical (unpaired) electrons. The van der Waals surface area contributed by atoms with Crippen LogP contribution in [-0.4, -0.2) is 17.3 Å². The van der Waals surface area contributed by atoms with E-state index in [1.165, 1.54) is 4.90 Å². The minimum absolute atomic E-state index is 0.406. The Kier molecular flexibility index (Phi) is 5.24. The number of pyridine rings is 1. The summed E-state index contributed by atoms with van der Waals surface area (Å²) in [4.78, 5) is 5.63. The molecule has 0 atom stereocenters. The van der Waals surface area contributed by atoms with Crippen molar-refractivity contribution in [1.29, 1.82) is 0 Å². The fourth-order valence-corrected chi connectivity index (χ4v) is 2.46. The lowest BCUT2D eigenvalue weighted by atomic mass is 10.3. The van der Waals surface area contributed by atoms with Crippen LogP contribution in [-0.2, 0) is 6.54 Å². The summed E-state index contributed by atoms with van der Waals surface area (Å²) in [5.41, 5.74) is 7.46. The Bertz CT molecular complexity index is 517. The van der Waals surface area contributed by atoms with E-state index in [1.54, 1.807) is 11.8 Å². The van der Waals surface area contributed by atoms with E-state index in [0.717, 1.165) is 22.9 Å². The minimum atomic E-state index is 0.406. The first kappa shape index (κ1) is 13.9. The molecule has 19 heavy (non-hydrogen) atoms. The van der Waals surface area contributed by atoms with Crippen LogP contribution in [0.3, 0.4) is 0 Å². The lowest BCUT2D eigenvalue weighted by molar-refractivity contribution is 0.338. The number of aromatic nitrogens is 1. The number of benzene rings is 1. The Morgan fingerprint density at radius 1 is 1.16 bits per heavy atom. The fourth-order valence-electron chi connectivity index (χ4n) is 1.70. The van der Waals surface area contributed by atoms with Crippen molar-refractivity contribution in [3.8, 4) is 5.75 Å². The molecule has 2 aromatic rings. The Balaban J connectivity index is 1.83. The molecule has 0 spiro atoms. The number of nitrogens with zero attached hydrogens (tertiary/aromatic N) is 1. The van der Waals surface area contributed by atoms with Crippen LogP contribution in [0.15, 0.2) is 47.4 Å². The van der Waals surface area contributed by atoms with E-state index < -0.39 is 0 Å². The zero-order chi connectivity index (χ0) is 13.5. The first-order valence-electron chi connectivity index (χ1n) is 6.27. The van der Waals surface area contributed by atoms with Gasteiger partial charge in [-0.05, 0) is 31.2 Å². The highest BCUT2D eigenvalue weighted by molar-refractivity contribution is 7.99. The number of nitrogens with two attached hydrogens (primary N) is 1. The third kappa shape index (κ3) is 4.26. The molecular formula is C15H18N2OS. The van der Waals surface area contributed by atoms with Crippen molar-refractivity contribution in [3.63, 3.8) is 0 Å². The summed E-state index contributed by atoms with van der Waals surface area (Å²) < 4.78 is 5.74. The van der Waals surface area contributed by atoms with Crippen LogP contribution in [0.2, 0.25) is 0 Å². The van der Waals surface area contributed by atoms with E-state index in [0.29, 0.717) is 13.2 Å². The summed E-state index contributed by atoms with van der Waals surface area (Å²) >= 11 is 1.78. The highest BCUT2D eigenvalue weighted by atomic mass is 32.2. The molecule has 1 aromatic carbocycles. The molecule has 1 heterocycles. The number of rotatable bonds is 6. The smallest absolute Gasteiger partial charge is 0.142 e. The molecule has 0 aliphatic heterocycles. The second-order valence-corrected chi connectivity index (χ2v) is 5.28. The van der Waals surface area contributed by atoms with Gasteiger partial charge in [-0.25, -0.2) is 0 Å². The lowest BCUT2D eigenvalue weighted by Gasteiger charge is -2.10. The summed E-state index contributed by atoms with van der Waals surface area (Å²) in [5, 5.41) is 0. The van der Waals surface area contributed by atoms with Gasteiger partial charge in [0.15, 0.2) is 0 Å². The first-order chi connectivity index (χ1) is 9.29. The Morgan fingerprint density at radius 2 is 1.95 bits per heavy atom. The predicted octanol–water partition coefficient (Wildman–Crippen LogP) is 3.02. The van der Waals surface area contributed by atoms with Gasteiger partial charge >= 0.3 is 0 Å². The van der Waals surface area contributed by atoms with Crippen molar-refractivity contribution in [2.45, 2.75) is 18.4 Å². The first-order valence-corrected chi connectivity index (χ1v) is 7.25. The molecule has 0 aliphatic rings. The van der Waals surface area contributed by atoms with Crippen LogP contribution in [0.5, 0.6) is 5.75 Å². The molecular weight excluding hydrogens is 256 g/mol. The van der Waals surface area contributed by atoms with Crippen LogP contribution in [0.4, 0.5) is 0 Å². The number of hydrogen-bond acceptors (Lipinski definition) is 4. The van der Waals surface area contributed by atoms with Crippen molar-refractivity contribution >= 4 is 11.8 Å². The molecule has 0 aliphatic carbocycles. The van der Waals surface area contributed by atoms with Crippen molar-refractivity contribution in [2.75, 3.05) is 12.4 Å². The van der Waals surface area contributed by atoms with Gasteiger partial charge in [0, 0.05) is 22.9 Å². The highest BCUT2D eigenvalue weighted by Gasteiger charge is 2.04. The van der Waals surface area contributed by atoms with Gasteiger partial charge in [0.2, 0.25) is 0 Å². The van der Waals surface area contributed by atoms with Crippen LogP contribution in [0.25, 0.3) is 0 Å². The molecule has 100 valence electrons. The third-order valence-corrected chi connectivity index (χ3v) is 3.59. The van der Waals surface area contributed by atoms with Gasteiger partial charge in [-0.1, -0.05) is 18.2 Å². The summed E-state index contributed by atoms with van der Waals surface area (Å²) in [6.07, 6.45) is 0. The second-order valence-electron chi connectivity index (χ2n) is 4.11. The van der Waals surface area contributed by atoms with Crippen molar-refractivity contribution in [1.82, 2.24) is 4.98 Å². The maximum absolute atomic E-state index is 5.74. The average Bonchev–Trinajstić information content (AvgIpc) is 2.46. The molecule has 0 saturated carbocycles. The van der Waals surface area contributed by atoms with Crippen LogP contribution >= 0.6 is 11.8 Å². The topological polar surface area (TPSA) is 48.1 Å². The van der Waals surface area contributed by atoms with Gasteiger partial charge in [-0.2, -0.15) is 0 Å². The fraction of sp³-hybridized carbons (Fsp3) is 0.267. The van der Waals surface area contributed by atoms with Crippen LogP contribution in [0.1, 0.15) is 11.4 Å². The number of aryl methyl sites for hydroxylation is 1. The van der Waals surface area contributed by atoms with E-state index in [-0.39, 0.29) is 0 Å². The van der Waals surface area contributed by atoms with Crippen molar-refractivity contribution in [3.05, 3.63) is 53.9 Å². The summed E-state index contributed by atoms with van der Waals surface area (Å²) in [7, 11) is 0. The molecule has 0 bridgehead atoms. The number of hydrogen-bond donors (Lipinski definition) is 1. The Hall–Kier alpha value is -1.52. The second kappa shape index (κ2) is 7.16. The summed E-state index contributed by atoms with van der Waals surface area (Å²) in [5.74, 6) is 1.70. The molecule has 0 fully saturated rings. The van der Waals surface area contributed by atoms with E-state index in [1.807, 2.05) is 37.3 Å². The lowest BCUT2D eigenvalue weighted by Crippen LogP contribution is -2.07. The number of thioether (sulfide) groups is 1. The van der Waals surface area contributed by atoms with Gasteiger partial charge in [0.05, 0.1) is 12.3 Å². The molecule has 0 unspecified atom stereocenters.